The highest BCUT2D eigenvalue weighted by molar-refractivity contribution is 7.99. The van der Waals surface area contributed by atoms with Crippen LogP contribution in [0.1, 0.15) is 11.5 Å². The van der Waals surface area contributed by atoms with Crippen LogP contribution in [0.2, 0.25) is 0 Å². The number of aryl methyl sites for hydroxylation is 1. The molecule has 3 heterocycles. The van der Waals surface area contributed by atoms with Crippen molar-refractivity contribution in [3.63, 3.8) is 0 Å². The number of furan rings is 1. The first kappa shape index (κ1) is 19.8. The van der Waals surface area contributed by atoms with Crippen molar-refractivity contribution in [2.24, 2.45) is 0 Å². The van der Waals surface area contributed by atoms with E-state index in [4.69, 9.17) is 9.15 Å². The Morgan fingerprint density at radius 1 is 1.30 bits per heavy atom. The normalized spacial score (nSPS) is 11.0. The number of nitrogens with one attached hydrogen (secondary N) is 2. The van der Waals surface area contributed by atoms with Gasteiger partial charge in [0.1, 0.15) is 17.0 Å². The number of aromatic nitrogens is 3. The Morgan fingerprint density at radius 3 is 2.90 bits per heavy atom. The van der Waals surface area contributed by atoms with Crippen molar-refractivity contribution in [1.29, 1.82) is 0 Å². The molecule has 8 nitrogen and oxygen atoms in total. The summed E-state index contributed by atoms with van der Waals surface area (Å²) in [6.07, 6.45) is 1.55. The van der Waals surface area contributed by atoms with Crippen molar-refractivity contribution in [2.45, 2.75) is 18.6 Å². The first-order chi connectivity index (χ1) is 14.5. The van der Waals surface area contributed by atoms with Gasteiger partial charge in [-0.1, -0.05) is 23.9 Å². The van der Waals surface area contributed by atoms with Gasteiger partial charge in [0, 0.05) is 5.69 Å². The number of anilines is 1. The van der Waals surface area contributed by atoms with E-state index in [0.29, 0.717) is 33.4 Å². The number of carbonyl (C=O) groups is 1. The Balaban J connectivity index is 1.59. The van der Waals surface area contributed by atoms with Gasteiger partial charge in [0.25, 0.3) is 5.56 Å². The largest absolute Gasteiger partial charge is 0.495 e. The van der Waals surface area contributed by atoms with Gasteiger partial charge >= 0.3 is 0 Å². The molecule has 2 N–H and O–H groups in total. The molecule has 0 bridgehead atoms. The Kier molecular flexibility index (Phi) is 5.62. The van der Waals surface area contributed by atoms with Crippen LogP contribution >= 0.6 is 11.8 Å². The zero-order valence-electron chi connectivity index (χ0n) is 16.5. The molecule has 4 rings (SSSR count). The van der Waals surface area contributed by atoms with Crippen molar-refractivity contribution < 1.29 is 13.9 Å². The summed E-state index contributed by atoms with van der Waals surface area (Å²) in [4.78, 5) is 33.2. The van der Waals surface area contributed by atoms with Crippen molar-refractivity contribution in [1.82, 2.24) is 14.5 Å². The van der Waals surface area contributed by atoms with Gasteiger partial charge in [0.2, 0.25) is 5.91 Å². The average Bonchev–Trinajstić information content (AvgIpc) is 3.38. The first-order valence-electron chi connectivity index (χ1n) is 9.23. The maximum atomic E-state index is 13.0. The number of carbonyl (C=O) groups excluding carboxylic acids is 1. The highest BCUT2D eigenvalue weighted by Gasteiger charge is 2.16. The molecule has 0 fully saturated rings. The molecule has 30 heavy (non-hydrogen) atoms. The summed E-state index contributed by atoms with van der Waals surface area (Å²) >= 11 is 1.19. The number of H-pyrrole nitrogens is 1. The third kappa shape index (κ3) is 4.11. The predicted molar refractivity (Wildman–Crippen MR) is 115 cm³/mol. The second kappa shape index (κ2) is 8.50. The predicted octanol–water partition coefficient (Wildman–Crippen LogP) is 3.41. The summed E-state index contributed by atoms with van der Waals surface area (Å²) in [6.45, 7) is 2.09. The monoisotopic (exact) mass is 424 g/mol. The van der Waals surface area contributed by atoms with Crippen molar-refractivity contribution in [2.75, 3.05) is 18.2 Å². The van der Waals surface area contributed by atoms with Gasteiger partial charge in [0.05, 0.1) is 36.9 Å². The average molecular weight is 424 g/mol. The topological polar surface area (TPSA) is 102 Å². The second-order valence-electron chi connectivity index (χ2n) is 6.61. The second-order valence-corrected chi connectivity index (χ2v) is 7.56. The summed E-state index contributed by atoms with van der Waals surface area (Å²) in [5.74, 6) is 1.06. The molecule has 0 unspecified atom stereocenters. The van der Waals surface area contributed by atoms with E-state index < -0.39 is 0 Å². The van der Waals surface area contributed by atoms with Crippen LogP contribution in [0.5, 0.6) is 5.75 Å². The van der Waals surface area contributed by atoms with Crippen LogP contribution in [0.3, 0.4) is 0 Å². The quantitative estimate of drug-likeness (QED) is 0.348. The third-order valence-electron chi connectivity index (χ3n) is 4.45. The number of amides is 1. The van der Waals surface area contributed by atoms with Gasteiger partial charge in [-0.15, -0.1) is 0 Å². The summed E-state index contributed by atoms with van der Waals surface area (Å²) in [5.41, 5.74) is 2.22. The van der Waals surface area contributed by atoms with Crippen LogP contribution in [-0.2, 0) is 11.3 Å². The minimum atomic E-state index is -0.228. The fraction of sp³-hybridized carbons (Fsp3) is 0.190. The standard InChI is InChI=1S/C21H20N4O4S/c1-13-10-16-19(22-13)20(27)25(11-14-6-5-9-29-14)21(24-16)30-12-18(26)23-15-7-3-4-8-17(15)28-2/h3-10,22H,11-12H2,1-2H3,(H,23,26). The molecule has 0 spiro atoms. The van der Waals surface area contributed by atoms with E-state index in [1.807, 2.05) is 25.1 Å². The molecule has 0 aliphatic heterocycles. The number of aromatic amines is 1. The molecule has 4 aromatic rings. The Bertz CT molecular complexity index is 1240. The molecular weight excluding hydrogens is 404 g/mol. The Morgan fingerprint density at radius 2 is 2.13 bits per heavy atom. The number of benzene rings is 1. The fourth-order valence-corrected chi connectivity index (χ4v) is 3.88. The number of para-hydroxylation sites is 2. The molecular formula is C21H20N4O4S. The van der Waals surface area contributed by atoms with Gasteiger partial charge in [-0.3, -0.25) is 14.2 Å². The third-order valence-corrected chi connectivity index (χ3v) is 5.42. The number of nitrogens with zero attached hydrogens (tertiary/aromatic N) is 2. The maximum absolute atomic E-state index is 13.0. The van der Waals surface area contributed by atoms with Gasteiger partial charge in [-0.05, 0) is 37.3 Å². The van der Waals surface area contributed by atoms with Crippen LogP contribution in [0.25, 0.3) is 11.0 Å². The lowest BCUT2D eigenvalue weighted by atomic mass is 10.3. The van der Waals surface area contributed by atoms with E-state index in [1.54, 1.807) is 37.6 Å². The van der Waals surface area contributed by atoms with Gasteiger partial charge in [-0.25, -0.2) is 4.98 Å². The maximum Gasteiger partial charge on any atom is 0.278 e. The molecule has 1 aromatic carbocycles. The summed E-state index contributed by atoms with van der Waals surface area (Å²) in [7, 11) is 1.55. The van der Waals surface area contributed by atoms with E-state index in [9.17, 15) is 9.59 Å². The molecule has 3 aromatic heterocycles. The van der Waals surface area contributed by atoms with Crippen LogP contribution in [0, 0.1) is 6.92 Å². The number of hydrogen-bond acceptors (Lipinski definition) is 6. The number of ether oxygens (including phenoxy) is 1. The highest BCUT2D eigenvalue weighted by Crippen LogP contribution is 2.24. The van der Waals surface area contributed by atoms with Crippen LogP contribution in [0.15, 0.2) is 63.1 Å². The van der Waals surface area contributed by atoms with E-state index in [1.165, 1.54) is 16.3 Å². The lowest BCUT2D eigenvalue weighted by Crippen LogP contribution is -2.24. The van der Waals surface area contributed by atoms with Crippen LogP contribution < -0.4 is 15.6 Å². The van der Waals surface area contributed by atoms with Gasteiger partial charge in [-0.2, -0.15) is 0 Å². The summed E-state index contributed by atoms with van der Waals surface area (Å²) < 4.78 is 12.2. The molecule has 154 valence electrons. The smallest absolute Gasteiger partial charge is 0.278 e. The number of rotatable bonds is 7. The molecule has 0 saturated heterocycles. The first-order valence-corrected chi connectivity index (χ1v) is 10.2. The minimum Gasteiger partial charge on any atom is -0.495 e. The Hall–Kier alpha value is -3.46. The zero-order chi connectivity index (χ0) is 21.1. The van der Waals surface area contributed by atoms with Crippen LogP contribution in [0.4, 0.5) is 5.69 Å². The molecule has 0 saturated carbocycles. The molecule has 1 amide bonds. The number of hydrogen-bond donors (Lipinski definition) is 2. The molecule has 0 atom stereocenters. The zero-order valence-corrected chi connectivity index (χ0v) is 17.3. The molecule has 0 aliphatic carbocycles. The van der Waals surface area contributed by atoms with E-state index >= 15 is 0 Å². The number of methoxy groups -OCH3 is 1. The Labute approximate surface area is 176 Å². The summed E-state index contributed by atoms with van der Waals surface area (Å²) in [6, 6.07) is 12.5. The minimum absolute atomic E-state index is 0.0809. The lowest BCUT2D eigenvalue weighted by molar-refractivity contribution is -0.113. The molecule has 0 aliphatic rings. The van der Waals surface area contributed by atoms with Gasteiger partial charge < -0.3 is 19.5 Å². The molecule has 0 radical (unpaired) electrons. The highest BCUT2D eigenvalue weighted by atomic mass is 32.2. The fourth-order valence-electron chi connectivity index (χ4n) is 3.08. The van der Waals surface area contributed by atoms with E-state index in [0.717, 1.165) is 5.69 Å². The van der Waals surface area contributed by atoms with Crippen molar-refractivity contribution in [3.8, 4) is 5.75 Å². The summed E-state index contributed by atoms with van der Waals surface area (Å²) in [5, 5.41) is 3.27. The van der Waals surface area contributed by atoms with Crippen LogP contribution in [-0.4, -0.2) is 33.3 Å². The van der Waals surface area contributed by atoms with E-state index in [2.05, 4.69) is 15.3 Å². The van der Waals surface area contributed by atoms with E-state index in [-0.39, 0.29) is 23.8 Å². The number of thioether (sulfide) groups is 1. The van der Waals surface area contributed by atoms with Crippen molar-refractivity contribution in [3.05, 3.63) is 70.5 Å². The molecule has 9 heteroatoms. The van der Waals surface area contributed by atoms with Crippen molar-refractivity contribution >= 4 is 34.4 Å². The lowest BCUT2D eigenvalue weighted by Gasteiger charge is -2.12. The van der Waals surface area contributed by atoms with Gasteiger partial charge in [0.15, 0.2) is 5.16 Å². The SMILES string of the molecule is COc1ccccc1NC(=O)CSc1nc2cc(C)[nH]c2c(=O)n1Cc1ccco1. The number of fused-ring (bicyclic) bond motifs is 1.